The molecule has 0 bridgehead atoms. The first-order chi connectivity index (χ1) is 14.9. The Labute approximate surface area is 184 Å². The summed E-state index contributed by atoms with van der Waals surface area (Å²) in [5.74, 6) is -0.754. The van der Waals surface area contributed by atoms with Gasteiger partial charge in [-0.1, -0.05) is 41.9 Å². The number of pyridine rings is 1. The van der Waals surface area contributed by atoms with E-state index in [4.69, 9.17) is 16.3 Å². The molecule has 4 rings (SSSR count). The molecule has 0 saturated heterocycles. The lowest BCUT2D eigenvalue weighted by molar-refractivity contribution is 0.0463. The van der Waals surface area contributed by atoms with E-state index < -0.39 is 16.0 Å². The smallest absolute Gasteiger partial charge is 0.339 e. The van der Waals surface area contributed by atoms with E-state index in [0.717, 1.165) is 4.31 Å². The molecule has 0 aliphatic rings. The Bertz CT molecular complexity index is 1350. The van der Waals surface area contributed by atoms with Gasteiger partial charge in [-0.3, -0.25) is 4.31 Å². The summed E-state index contributed by atoms with van der Waals surface area (Å²) >= 11 is 5.97. The normalized spacial score (nSPS) is 11.4. The van der Waals surface area contributed by atoms with Gasteiger partial charge in [0.2, 0.25) is 0 Å². The Morgan fingerprint density at radius 3 is 2.52 bits per heavy atom. The SMILES string of the molecule is CN(c1ccccc1)S(=O)(=O)c1ccccc1C(=O)OCc1cn2cc(Cl)ccc2n1. The number of halogens is 1. The van der Waals surface area contributed by atoms with Crippen LogP contribution in [-0.4, -0.2) is 30.8 Å². The van der Waals surface area contributed by atoms with Crippen LogP contribution in [0.4, 0.5) is 5.69 Å². The number of carbonyl (C=O) groups excluding carboxylic acids is 1. The van der Waals surface area contributed by atoms with Crippen LogP contribution in [-0.2, 0) is 21.4 Å². The Morgan fingerprint density at radius 1 is 1.03 bits per heavy atom. The molecular formula is C22H18ClN3O4S. The zero-order chi connectivity index (χ0) is 22.0. The highest BCUT2D eigenvalue weighted by atomic mass is 35.5. The molecule has 158 valence electrons. The van der Waals surface area contributed by atoms with Crippen molar-refractivity contribution in [2.45, 2.75) is 11.5 Å². The van der Waals surface area contributed by atoms with Crippen LogP contribution < -0.4 is 4.31 Å². The molecule has 0 unspecified atom stereocenters. The first-order valence-electron chi connectivity index (χ1n) is 9.29. The van der Waals surface area contributed by atoms with E-state index in [1.807, 2.05) is 0 Å². The lowest BCUT2D eigenvalue weighted by atomic mass is 10.2. The maximum absolute atomic E-state index is 13.2. The minimum absolute atomic E-state index is 0.0444. The summed E-state index contributed by atoms with van der Waals surface area (Å²) in [6, 6.07) is 18.0. The number of carbonyl (C=O) groups is 1. The standard InChI is InChI=1S/C22H18ClN3O4S/c1-25(18-7-3-2-4-8-18)31(28,29)20-10-6-5-9-19(20)22(27)30-15-17-14-26-13-16(23)11-12-21(26)24-17/h2-14H,15H2,1H3. The van der Waals surface area contributed by atoms with Crippen molar-refractivity contribution in [2.24, 2.45) is 0 Å². The molecule has 0 radical (unpaired) electrons. The van der Waals surface area contributed by atoms with E-state index in [0.29, 0.717) is 22.1 Å². The molecule has 9 heteroatoms. The predicted octanol–water partition coefficient (Wildman–Crippen LogP) is 4.17. The number of hydrogen-bond donors (Lipinski definition) is 0. The van der Waals surface area contributed by atoms with Crippen LogP contribution in [0.5, 0.6) is 0 Å². The molecule has 0 aliphatic heterocycles. The number of para-hydroxylation sites is 1. The maximum Gasteiger partial charge on any atom is 0.339 e. The third-order valence-electron chi connectivity index (χ3n) is 4.68. The number of imidazole rings is 1. The lowest BCUT2D eigenvalue weighted by Gasteiger charge is -2.20. The molecule has 0 fully saturated rings. The summed E-state index contributed by atoms with van der Waals surface area (Å²) in [7, 11) is -2.54. The van der Waals surface area contributed by atoms with E-state index in [1.54, 1.807) is 71.4 Å². The molecule has 7 nitrogen and oxygen atoms in total. The van der Waals surface area contributed by atoms with E-state index >= 15 is 0 Å². The number of aromatic nitrogens is 2. The van der Waals surface area contributed by atoms with Crippen molar-refractivity contribution in [3.63, 3.8) is 0 Å². The summed E-state index contributed by atoms with van der Waals surface area (Å²) in [6.45, 7) is -0.110. The molecule has 0 saturated carbocycles. The fraction of sp³-hybridized carbons (Fsp3) is 0.0909. The Balaban J connectivity index is 1.57. The molecule has 31 heavy (non-hydrogen) atoms. The molecule has 0 atom stereocenters. The van der Waals surface area contributed by atoms with Gasteiger partial charge in [0.05, 0.1) is 22.0 Å². The number of esters is 1. The van der Waals surface area contributed by atoms with Gasteiger partial charge in [0.25, 0.3) is 10.0 Å². The largest absolute Gasteiger partial charge is 0.455 e. The van der Waals surface area contributed by atoms with Crippen molar-refractivity contribution in [1.29, 1.82) is 0 Å². The first kappa shape index (κ1) is 20.9. The highest BCUT2D eigenvalue weighted by Crippen LogP contribution is 2.25. The van der Waals surface area contributed by atoms with Gasteiger partial charge < -0.3 is 9.14 Å². The molecule has 0 aliphatic carbocycles. The highest BCUT2D eigenvalue weighted by molar-refractivity contribution is 7.92. The Hall–Kier alpha value is -3.36. The zero-order valence-corrected chi connectivity index (χ0v) is 18.0. The average molecular weight is 456 g/mol. The van der Waals surface area contributed by atoms with Crippen LogP contribution >= 0.6 is 11.6 Å². The number of sulfonamides is 1. The Kier molecular flexibility index (Phi) is 5.67. The van der Waals surface area contributed by atoms with Gasteiger partial charge in [0.15, 0.2) is 0 Å². The molecule has 4 aromatic rings. The average Bonchev–Trinajstić information content (AvgIpc) is 3.19. The van der Waals surface area contributed by atoms with Crippen LogP contribution in [0.3, 0.4) is 0 Å². The number of hydrogen-bond acceptors (Lipinski definition) is 5. The van der Waals surface area contributed by atoms with Gasteiger partial charge in [0.1, 0.15) is 17.1 Å². The summed E-state index contributed by atoms with van der Waals surface area (Å²) in [5.41, 5.74) is 1.60. The van der Waals surface area contributed by atoms with E-state index in [1.165, 1.54) is 19.2 Å². The highest BCUT2D eigenvalue weighted by Gasteiger charge is 2.27. The van der Waals surface area contributed by atoms with Crippen molar-refractivity contribution in [3.05, 3.63) is 95.4 Å². The number of fused-ring (bicyclic) bond motifs is 1. The van der Waals surface area contributed by atoms with Crippen LogP contribution in [0.25, 0.3) is 5.65 Å². The van der Waals surface area contributed by atoms with E-state index in [-0.39, 0.29) is 17.1 Å². The third kappa shape index (κ3) is 4.26. The van der Waals surface area contributed by atoms with Gasteiger partial charge in [-0.05, 0) is 36.4 Å². The molecule has 2 aromatic heterocycles. The second kappa shape index (κ2) is 8.41. The fourth-order valence-corrected chi connectivity index (χ4v) is 4.63. The van der Waals surface area contributed by atoms with Crippen molar-refractivity contribution in [3.8, 4) is 0 Å². The van der Waals surface area contributed by atoms with Gasteiger partial charge in [-0.15, -0.1) is 0 Å². The molecule has 0 amide bonds. The van der Waals surface area contributed by atoms with Crippen molar-refractivity contribution in [1.82, 2.24) is 9.38 Å². The number of benzene rings is 2. The predicted molar refractivity (Wildman–Crippen MR) is 118 cm³/mol. The number of rotatable bonds is 6. The van der Waals surface area contributed by atoms with Gasteiger partial charge >= 0.3 is 5.97 Å². The first-order valence-corrected chi connectivity index (χ1v) is 11.1. The number of anilines is 1. The summed E-state index contributed by atoms with van der Waals surface area (Å²) < 4.78 is 34.6. The van der Waals surface area contributed by atoms with Crippen LogP contribution in [0.1, 0.15) is 16.1 Å². The summed E-state index contributed by atoms with van der Waals surface area (Å²) in [5, 5.41) is 0.551. The van der Waals surface area contributed by atoms with Crippen molar-refractivity contribution >= 4 is 38.9 Å². The van der Waals surface area contributed by atoms with E-state index in [9.17, 15) is 13.2 Å². The van der Waals surface area contributed by atoms with Crippen LogP contribution in [0.15, 0.2) is 84.0 Å². The number of nitrogens with zero attached hydrogens (tertiary/aromatic N) is 3. The Morgan fingerprint density at radius 2 is 1.74 bits per heavy atom. The van der Waals surface area contributed by atoms with E-state index in [2.05, 4.69) is 4.98 Å². The lowest BCUT2D eigenvalue weighted by Crippen LogP contribution is -2.28. The molecule has 2 aromatic carbocycles. The maximum atomic E-state index is 13.2. The molecule has 0 N–H and O–H groups in total. The second-order valence-corrected chi connectivity index (χ2v) is 9.10. The third-order valence-corrected chi connectivity index (χ3v) is 6.75. The fourth-order valence-electron chi connectivity index (χ4n) is 3.09. The quantitative estimate of drug-likeness (QED) is 0.407. The molecular weight excluding hydrogens is 438 g/mol. The van der Waals surface area contributed by atoms with Crippen LogP contribution in [0, 0.1) is 0 Å². The zero-order valence-electron chi connectivity index (χ0n) is 16.5. The summed E-state index contributed by atoms with van der Waals surface area (Å²) in [4.78, 5) is 17.0. The minimum Gasteiger partial charge on any atom is -0.455 e. The number of ether oxygens (including phenoxy) is 1. The van der Waals surface area contributed by atoms with Gasteiger partial charge in [-0.2, -0.15) is 0 Å². The van der Waals surface area contributed by atoms with Crippen molar-refractivity contribution < 1.29 is 17.9 Å². The van der Waals surface area contributed by atoms with Gasteiger partial charge in [0, 0.05) is 19.4 Å². The minimum atomic E-state index is -3.98. The molecule has 0 spiro atoms. The monoisotopic (exact) mass is 455 g/mol. The summed E-state index contributed by atoms with van der Waals surface area (Å²) in [6.07, 6.45) is 3.39. The van der Waals surface area contributed by atoms with Crippen molar-refractivity contribution in [2.75, 3.05) is 11.4 Å². The van der Waals surface area contributed by atoms with Crippen LogP contribution in [0.2, 0.25) is 5.02 Å². The second-order valence-electron chi connectivity index (χ2n) is 6.73. The topological polar surface area (TPSA) is 81.0 Å². The van der Waals surface area contributed by atoms with Gasteiger partial charge in [-0.25, -0.2) is 18.2 Å². The molecule has 2 heterocycles.